The lowest BCUT2D eigenvalue weighted by atomic mass is 9.82. The molecule has 1 unspecified atom stereocenters. The van der Waals surface area contributed by atoms with Gasteiger partial charge in [0.2, 0.25) is 0 Å². The zero-order valence-electron chi connectivity index (χ0n) is 12.2. The normalized spacial score (nSPS) is 21.6. The Morgan fingerprint density at radius 1 is 1.47 bits per heavy atom. The molecule has 19 heavy (non-hydrogen) atoms. The number of rotatable bonds is 7. The molecule has 0 aromatic heterocycles. The minimum Gasteiger partial charge on any atom is -0.511 e. The Kier molecular flexibility index (Phi) is 6.63. The van der Waals surface area contributed by atoms with Crippen LogP contribution in [-0.4, -0.2) is 27.6 Å². The molecule has 0 amide bonds. The summed E-state index contributed by atoms with van der Waals surface area (Å²) in [6, 6.07) is 0. The van der Waals surface area contributed by atoms with Crippen molar-refractivity contribution in [2.45, 2.75) is 58.1 Å². The van der Waals surface area contributed by atoms with E-state index in [1.165, 1.54) is 0 Å². The van der Waals surface area contributed by atoms with E-state index < -0.39 is 0 Å². The molecule has 0 heterocycles. The smallest absolute Gasteiger partial charge is 0.168 e. The molecule has 0 bridgehead atoms. The first-order valence-corrected chi connectivity index (χ1v) is 8.19. The summed E-state index contributed by atoms with van der Waals surface area (Å²) in [7, 11) is 0. The van der Waals surface area contributed by atoms with E-state index in [9.17, 15) is 9.90 Å². The summed E-state index contributed by atoms with van der Waals surface area (Å²) in [5.74, 6) is 1.42. The Morgan fingerprint density at radius 2 is 2.16 bits per heavy atom. The van der Waals surface area contributed by atoms with Gasteiger partial charge in [0.1, 0.15) is 5.76 Å². The number of thioether (sulfide) groups is 1. The monoisotopic (exact) mass is 283 g/mol. The van der Waals surface area contributed by atoms with Crippen molar-refractivity contribution < 1.29 is 9.90 Å². The highest BCUT2D eigenvalue weighted by molar-refractivity contribution is 7.99. The van der Waals surface area contributed by atoms with Gasteiger partial charge < -0.3 is 10.5 Å². The van der Waals surface area contributed by atoms with Crippen molar-refractivity contribution in [1.82, 2.24) is 0 Å². The van der Waals surface area contributed by atoms with Gasteiger partial charge in [0.05, 0.1) is 5.57 Å². The van der Waals surface area contributed by atoms with E-state index in [4.69, 9.17) is 5.41 Å². The molecule has 1 rings (SSSR count). The van der Waals surface area contributed by atoms with E-state index in [0.29, 0.717) is 35.8 Å². The van der Waals surface area contributed by atoms with E-state index in [-0.39, 0.29) is 17.5 Å². The first-order chi connectivity index (χ1) is 8.99. The fourth-order valence-corrected chi connectivity index (χ4v) is 3.66. The molecule has 0 aromatic rings. The van der Waals surface area contributed by atoms with Crippen LogP contribution in [0.4, 0.5) is 0 Å². The number of ketones is 1. The quantitative estimate of drug-likeness (QED) is 0.691. The van der Waals surface area contributed by atoms with Crippen molar-refractivity contribution in [3.63, 3.8) is 0 Å². The van der Waals surface area contributed by atoms with Crippen molar-refractivity contribution in [3.05, 3.63) is 11.3 Å². The summed E-state index contributed by atoms with van der Waals surface area (Å²) in [6.07, 6.45) is 3.40. The molecule has 2 atom stereocenters. The molecular formula is C15H25NO2S. The van der Waals surface area contributed by atoms with Gasteiger partial charge in [-0.25, -0.2) is 0 Å². The molecular weight excluding hydrogens is 258 g/mol. The van der Waals surface area contributed by atoms with Gasteiger partial charge in [0.15, 0.2) is 5.78 Å². The Morgan fingerprint density at radius 3 is 2.68 bits per heavy atom. The van der Waals surface area contributed by atoms with Crippen LogP contribution in [0.2, 0.25) is 0 Å². The third kappa shape index (κ3) is 4.68. The lowest BCUT2D eigenvalue weighted by Crippen LogP contribution is -2.25. The van der Waals surface area contributed by atoms with E-state index in [0.717, 1.165) is 18.6 Å². The first-order valence-electron chi connectivity index (χ1n) is 7.14. The second kappa shape index (κ2) is 7.73. The van der Waals surface area contributed by atoms with Crippen LogP contribution in [0.25, 0.3) is 0 Å². The van der Waals surface area contributed by atoms with Crippen molar-refractivity contribution >= 4 is 23.3 Å². The molecule has 0 radical (unpaired) electrons. The Bertz CT molecular complexity index is 376. The van der Waals surface area contributed by atoms with E-state index in [2.05, 4.69) is 13.8 Å². The topological polar surface area (TPSA) is 61.1 Å². The predicted octanol–water partition coefficient (Wildman–Crippen LogP) is 4.13. The number of aliphatic hydroxyl groups excluding tert-OH is 1. The molecule has 1 aliphatic carbocycles. The summed E-state index contributed by atoms with van der Waals surface area (Å²) in [4.78, 5) is 12.1. The minimum atomic E-state index is -0.0408. The number of aliphatic hydroxyl groups is 1. The van der Waals surface area contributed by atoms with Gasteiger partial charge in [-0.15, -0.1) is 0 Å². The second-order valence-electron chi connectivity index (χ2n) is 5.25. The van der Waals surface area contributed by atoms with Crippen molar-refractivity contribution in [1.29, 1.82) is 5.41 Å². The average Bonchev–Trinajstić information content (AvgIpc) is 2.28. The number of hydrogen-bond donors (Lipinski definition) is 2. The van der Waals surface area contributed by atoms with Crippen LogP contribution in [-0.2, 0) is 4.79 Å². The molecule has 3 nitrogen and oxygen atoms in total. The van der Waals surface area contributed by atoms with Crippen LogP contribution >= 0.6 is 11.8 Å². The summed E-state index contributed by atoms with van der Waals surface area (Å²) in [6.45, 7) is 6.29. The van der Waals surface area contributed by atoms with Crippen LogP contribution in [0.3, 0.4) is 0 Å². The highest BCUT2D eigenvalue weighted by Gasteiger charge is 2.30. The second-order valence-corrected chi connectivity index (χ2v) is 6.96. The molecule has 0 aliphatic heterocycles. The van der Waals surface area contributed by atoms with Crippen LogP contribution in [0.15, 0.2) is 11.3 Å². The van der Waals surface area contributed by atoms with E-state index in [1.54, 1.807) is 0 Å². The van der Waals surface area contributed by atoms with Crippen molar-refractivity contribution in [3.8, 4) is 0 Å². The maximum absolute atomic E-state index is 12.1. The maximum atomic E-state index is 12.1. The molecule has 0 saturated heterocycles. The zero-order chi connectivity index (χ0) is 14.4. The standard InChI is InChI=1S/C15H25NO2S/c1-4-6-12(16)15-13(17)8-11(9-14(15)18)7-10(3)19-5-2/h10-11,16-17H,4-9H2,1-3H3/t10-,11?/m1/s1. The maximum Gasteiger partial charge on any atom is 0.168 e. The number of Topliss-reactive ketones (excluding diaryl/α,β-unsaturated/α-hetero) is 1. The molecule has 0 spiro atoms. The SMILES string of the molecule is CCCC(=N)C1=C(O)CC(C[C@@H](C)SCC)CC1=O. The third-order valence-electron chi connectivity index (χ3n) is 3.44. The first kappa shape index (κ1) is 16.3. The van der Waals surface area contributed by atoms with Crippen molar-refractivity contribution in [2.24, 2.45) is 5.92 Å². The van der Waals surface area contributed by atoms with Gasteiger partial charge in [-0.2, -0.15) is 11.8 Å². The molecule has 108 valence electrons. The fourth-order valence-electron chi connectivity index (χ4n) is 2.68. The number of allylic oxidation sites excluding steroid dienone is 2. The Hall–Kier alpha value is -0.770. The number of hydrogen-bond acceptors (Lipinski definition) is 4. The third-order valence-corrected chi connectivity index (χ3v) is 4.54. The van der Waals surface area contributed by atoms with Crippen LogP contribution in [0, 0.1) is 11.3 Å². The predicted molar refractivity (Wildman–Crippen MR) is 82.2 cm³/mol. The van der Waals surface area contributed by atoms with Gasteiger partial charge in [-0.3, -0.25) is 4.79 Å². The largest absolute Gasteiger partial charge is 0.511 e. The van der Waals surface area contributed by atoms with Crippen LogP contribution < -0.4 is 0 Å². The molecule has 0 fully saturated rings. The summed E-state index contributed by atoms with van der Waals surface area (Å²) >= 11 is 1.89. The van der Waals surface area contributed by atoms with E-state index in [1.807, 2.05) is 18.7 Å². The average molecular weight is 283 g/mol. The highest BCUT2D eigenvalue weighted by Crippen LogP contribution is 2.32. The summed E-state index contributed by atoms with van der Waals surface area (Å²) < 4.78 is 0. The number of carbonyl (C=O) groups excluding carboxylic acids is 1. The molecule has 1 aliphatic rings. The highest BCUT2D eigenvalue weighted by atomic mass is 32.2. The van der Waals surface area contributed by atoms with Gasteiger partial charge in [-0.1, -0.05) is 27.2 Å². The summed E-state index contributed by atoms with van der Waals surface area (Å²) in [5, 5.41) is 18.5. The Balaban J connectivity index is 2.69. The minimum absolute atomic E-state index is 0.0408. The number of nitrogens with one attached hydrogen (secondary N) is 1. The molecule has 4 heteroatoms. The molecule has 2 N–H and O–H groups in total. The van der Waals surface area contributed by atoms with Crippen molar-refractivity contribution in [2.75, 3.05) is 5.75 Å². The summed E-state index contributed by atoms with van der Waals surface area (Å²) in [5.41, 5.74) is 0.605. The van der Waals surface area contributed by atoms with Gasteiger partial charge >= 0.3 is 0 Å². The van der Waals surface area contributed by atoms with Gasteiger partial charge in [0.25, 0.3) is 0 Å². The van der Waals surface area contributed by atoms with Gasteiger partial charge in [-0.05, 0) is 24.5 Å². The molecule has 0 aromatic carbocycles. The lowest BCUT2D eigenvalue weighted by molar-refractivity contribution is -0.116. The zero-order valence-corrected chi connectivity index (χ0v) is 13.0. The van der Waals surface area contributed by atoms with Crippen LogP contribution in [0.5, 0.6) is 0 Å². The number of carbonyl (C=O) groups is 1. The lowest BCUT2D eigenvalue weighted by Gasteiger charge is -2.25. The fraction of sp³-hybridized carbons (Fsp3) is 0.733. The van der Waals surface area contributed by atoms with E-state index >= 15 is 0 Å². The Labute approximate surface area is 120 Å². The molecule has 0 saturated carbocycles. The van der Waals surface area contributed by atoms with Gasteiger partial charge in [0, 0.05) is 23.8 Å². The van der Waals surface area contributed by atoms with Crippen LogP contribution in [0.1, 0.15) is 52.9 Å².